The van der Waals surface area contributed by atoms with Crippen molar-refractivity contribution < 1.29 is 8.42 Å². The number of anilines is 1. The molecule has 2 rings (SSSR count). The van der Waals surface area contributed by atoms with Crippen LogP contribution in [0.5, 0.6) is 0 Å². The second-order valence-corrected chi connectivity index (χ2v) is 5.81. The van der Waals surface area contributed by atoms with Gasteiger partial charge in [0.2, 0.25) is 0 Å². The monoisotopic (exact) mass is 293 g/mol. The van der Waals surface area contributed by atoms with Crippen LogP contribution in [0.4, 0.5) is 5.69 Å². The third kappa shape index (κ3) is 3.10. The lowest BCUT2D eigenvalue weighted by molar-refractivity contribution is 0.577. The Morgan fingerprint density at radius 2 is 2.10 bits per heavy atom. The standard InChI is InChI=1S/C12H15N5O2S/c1-9-4-6-14-7-10(9)8-16-20(18,19)12-11(17-13)3-2-5-15-12/h2-7,16-17H,8,13H2,1H3. The summed E-state index contributed by atoms with van der Waals surface area (Å²) in [6, 6.07) is 4.95. The minimum Gasteiger partial charge on any atom is -0.321 e. The van der Waals surface area contributed by atoms with E-state index in [0.29, 0.717) is 0 Å². The van der Waals surface area contributed by atoms with Gasteiger partial charge in [0.1, 0.15) is 0 Å². The molecule has 0 saturated carbocycles. The smallest absolute Gasteiger partial charge is 0.260 e. The molecule has 20 heavy (non-hydrogen) atoms. The maximum Gasteiger partial charge on any atom is 0.260 e. The molecule has 0 fully saturated rings. The van der Waals surface area contributed by atoms with Crippen molar-refractivity contribution in [2.24, 2.45) is 5.84 Å². The van der Waals surface area contributed by atoms with E-state index >= 15 is 0 Å². The second kappa shape index (κ2) is 5.95. The molecule has 0 aliphatic heterocycles. The first-order valence-corrected chi connectivity index (χ1v) is 7.33. The van der Waals surface area contributed by atoms with Crippen LogP contribution >= 0.6 is 0 Å². The van der Waals surface area contributed by atoms with Crippen LogP contribution in [0.3, 0.4) is 0 Å². The fraction of sp³-hybridized carbons (Fsp3) is 0.167. The Bertz CT molecular complexity index is 702. The van der Waals surface area contributed by atoms with Gasteiger partial charge in [-0.2, -0.15) is 0 Å². The average Bonchev–Trinajstić information content (AvgIpc) is 2.46. The number of nitrogens with zero attached hydrogens (tertiary/aromatic N) is 2. The van der Waals surface area contributed by atoms with Crippen molar-refractivity contribution in [3.63, 3.8) is 0 Å². The molecule has 0 atom stereocenters. The molecular weight excluding hydrogens is 278 g/mol. The normalized spacial score (nSPS) is 11.3. The lowest BCUT2D eigenvalue weighted by atomic mass is 10.2. The third-order valence-electron chi connectivity index (χ3n) is 2.78. The number of nitrogens with one attached hydrogen (secondary N) is 2. The summed E-state index contributed by atoms with van der Waals surface area (Å²) in [7, 11) is -3.75. The fourth-order valence-electron chi connectivity index (χ4n) is 1.64. The van der Waals surface area contributed by atoms with Gasteiger partial charge in [-0.3, -0.25) is 10.8 Å². The van der Waals surface area contributed by atoms with Gasteiger partial charge >= 0.3 is 0 Å². The predicted octanol–water partition coefficient (Wildman–Crippen LogP) is 0.549. The number of pyridine rings is 2. The van der Waals surface area contributed by atoms with Gasteiger partial charge in [0.15, 0.2) is 5.03 Å². The van der Waals surface area contributed by atoms with E-state index in [1.807, 2.05) is 13.0 Å². The van der Waals surface area contributed by atoms with Crippen molar-refractivity contribution in [1.29, 1.82) is 0 Å². The molecule has 106 valence electrons. The number of hydrogen-bond donors (Lipinski definition) is 3. The SMILES string of the molecule is Cc1ccncc1CNS(=O)(=O)c1ncccc1NN. The molecule has 0 amide bonds. The first-order valence-electron chi connectivity index (χ1n) is 5.85. The van der Waals surface area contributed by atoms with Crippen LogP contribution in [0, 0.1) is 6.92 Å². The number of nitrogen functional groups attached to an aromatic ring is 1. The Kier molecular flexibility index (Phi) is 4.28. The molecule has 2 heterocycles. The van der Waals surface area contributed by atoms with Gasteiger partial charge in [-0.25, -0.2) is 18.1 Å². The molecule has 0 spiro atoms. The lowest BCUT2D eigenvalue weighted by Crippen LogP contribution is -2.26. The summed E-state index contributed by atoms with van der Waals surface area (Å²) in [5, 5.41) is -0.135. The van der Waals surface area contributed by atoms with Crippen LogP contribution in [0.25, 0.3) is 0 Å². The third-order valence-corrected chi connectivity index (χ3v) is 4.14. The second-order valence-electron chi connectivity index (χ2n) is 4.13. The van der Waals surface area contributed by atoms with Gasteiger partial charge in [0, 0.05) is 25.1 Å². The van der Waals surface area contributed by atoms with Crippen LogP contribution in [-0.2, 0) is 16.6 Å². The van der Waals surface area contributed by atoms with E-state index in [9.17, 15) is 8.42 Å². The van der Waals surface area contributed by atoms with Gasteiger partial charge in [0.05, 0.1) is 5.69 Å². The van der Waals surface area contributed by atoms with Crippen LogP contribution in [0.2, 0.25) is 0 Å². The molecule has 2 aromatic rings. The highest BCUT2D eigenvalue weighted by Crippen LogP contribution is 2.17. The molecular formula is C12H15N5O2S. The number of aromatic nitrogens is 2. The van der Waals surface area contributed by atoms with Crippen molar-refractivity contribution in [2.45, 2.75) is 18.5 Å². The van der Waals surface area contributed by atoms with E-state index in [-0.39, 0.29) is 17.3 Å². The fourth-order valence-corrected chi connectivity index (χ4v) is 2.74. The van der Waals surface area contributed by atoms with E-state index in [0.717, 1.165) is 11.1 Å². The zero-order chi connectivity index (χ0) is 14.6. The van der Waals surface area contributed by atoms with E-state index < -0.39 is 10.0 Å². The average molecular weight is 293 g/mol. The van der Waals surface area contributed by atoms with E-state index in [1.54, 1.807) is 18.5 Å². The van der Waals surface area contributed by atoms with Crippen LogP contribution in [-0.4, -0.2) is 18.4 Å². The Hall–Kier alpha value is -2.03. The summed E-state index contributed by atoms with van der Waals surface area (Å²) in [6.45, 7) is 2.03. The summed E-state index contributed by atoms with van der Waals surface area (Å²) in [4.78, 5) is 7.82. The lowest BCUT2D eigenvalue weighted by Gasteiger charge is -2.10. The first kappa shape index (κ1) is 14.4. The summed E-state index contributed by atoms with van der Waals surface area (Å²) >= 11 is 0. The molecule has 0 aliphatic rings. The highest BCUT2D eigenvalue weighted by Gasteiger charge is 2.19. The largest absolute Gasteiger partial charge is 0.321 e. The van der Waals surface area contributed by atoms with Crippen LogP contribution < -0.4 is 16.0 Å². The molecule has 0 aliphatic carbocycles. The topological polar surface area (TPSA) is 110 Å². The van der Waals surface area contributed by atoms with Crippen molar-refractivity contribution in [3.05, 3.63) is 47.9 Å². The molecule has 0 bridgehead atoms. The molecule has 0 saturated heterocycles. The number of aryl methyl sites for hydroxylation is 1. The summed E-state index contributed by atoms with van der Waals surface area (Å²) in [5.74, 6) is 5.29. The van der Waals surface area contributed by atoms with Crippen LogP contribution in [0.15, 0.2) is 41.8 Å². The number of hydrazine groups is 1. The Morgan fingerprint density at radius 1 is 1.30 bits per heavy atom. The zero-order valence-electron chi connectivity index (χ0n) is 10.9. The number of nitrogens with two attached hydrogens (primary N) is 1. The Labute approximate surface area is 117 Å². The van der Waals surface area contributed by atoms with Gasteiger partial charge < -0.3 is 5.43 Å². The van der Waals surface area contributed by atoms with E-state index in [1.165, 1.54) is 12.3 Å². The predicted molar refractivity (Wildman–Crippen MR) is 75.0 cm³/mol. The summed E-state index contributed by atoms with van der Waals surface area (Å²) in [5.41, 5.74) is 4.32. The number of sulfonamides is 1. The van der Waals surface area contributed by atoms with Crippen molar-refractivity contribution in [1.82, 2.24) is 14.7 Å². The molecule has 7 nitrogen and oxygen atoms in total. The molecule has 0 aromatic carbocycles. The van der Waals surface area contributed by atoms with Crippen molar-refractivity contribution in [3.8, 4) is 0 Å². The van der Waals surface area contributed by atoms with Crippen molar-refractivity contribution >= 4 is 15.7 Å². The maximum absolute atomic E-state index is 12.2. The molecule has 0 unspecified atom stereocenters. The maximum atomic E-state index is 12.2. The van der Waals surface area contributed by atoms with E-state index in [4.69, 9.17) is 5.84 Å². The Morgan fingerprint density at radius 3 is 2.80 bits per heavy atom. The summed E-state index contributed by atoms with van der Waals surface area (Å²) in [6.07, 6.45) is 4.67. The highest BCUT2D eigenvalue weighted by molar-refractivity contribution is 7.89. The van der Waals surface area contributed by atoms with Gasteiger partial charge in [-0.05, 0) is 36.2 Å². The highest BCUT2D eigenvalue weighted by atomic mass is 32.2. The molecule has 0 radical (unpaired) electrons. The number of hydrogen-bond acceptors (Lipinski definition) is 6. The molecule has 4 N–H and O–H groups in total. The summed E-state index contributed by atoms with van der Waals surface area (Å²) < 4.78 is 26.9. The minimum absolute atomic E-state index is 0.135. The van der Waals surface area contributed by atoms with Gasteiger partial charge in [-0.15, -0.1) is 0 Å². The van der Waals surface area contributed by atoms with E-state index in [2.05, 4.69) is 20.1 Å². The first-order chi connectivity index (χ1) is 9.54. The number of rotatable bonds is 5. The van der Waals surface area contributed by atoms with Crippen molar-refractivity contribution in [2.75, 3.05) is 5.43 Å². The van der Waals surface area contributed by atoms with Gasteiger partial charge in [-0.1, -0.05) is 0 Å². The Balaban J connectivity index is 2.22. The minimum atomic E-state index is -3.75. The molecule has 2 aromatic heterocycles. The quantitative estimate of drug-likeness (QED) is 0.548. The zero-order valence-corrected chi connectivity index (χ0v) is 11.7. The molecule has 8 heteroatoms. The van der Waals surface area contributed by atoms with Crippen LogP contribution in [0.1, 0.15) is 11.1 Å². The van der Waals surface area contributed by atoms with Gasteiger partial charge in [0.25, 0.3) is 10.0 Å².